The van der Waals surface area contributed by atoms with E-state index >= 15 is 0 Å². The molecule has 6 rings (SSSR count). The molecule has 162 valence electrons. The van der Waals surface area contributed by atoms with Gasteiger partial charge in [0, 0.05) is 33.5 Å². The van der Waals surface area contributed by atoms with Crippen LogP contribution in [0.3, 0.4) is 0 Å². The number of rotatable bonds is 3. The zero-order valence-electron chi connectivity index (χ0n) is 17.4. The van der Waals surface area contributed by atoms with Crippen LogP contribution in [-0.4, -0.2) is 28.9 Å². The van der Waals surface area contributed by atoms with Crippen molar-refractivity contribution in [1.29, 1.82) is 0 Å². The van der Waals surface area contributed by atoms with Crippen molar-refractivity contribution in [2.75, 3.05) is 18.5 Å². The van der Waals surface area contributed by atoms with Crippen LogP contribution in [0.5, 0.6) is 11.5 Å². The lowest BCUT2D eigenvalue weighted by Gasteiger charge is -2.18. The summed E-state index contributed by atoms with van der Waals surface area (Å²) in [5.74, 6) is 1.23. The Morgan fingerprint density at radius 2 is 1.79 bits per heavy atom. The number of halogens is 1. The minimum absolute atomic E-state index is 0.173. The highest BCUT2D eigenvalue weighted by molar-refractivity contribution is 6.36. The fourth-order valence-electron chi connectivity index (χ4n) is 4.09. The van der Waals surface area contributed by atoms with Gasteiger partial charge >= 0.3 is 0 Å². The van der Waals surface area contributed by atoms with Gasteiger partial charge in [-0.3, -0.25) is 4.79 Å². The smallest absolute Gasteiger partial charge is 0.256 e. The second-order valence-corrected chi connectivity index (χ2v) is 8.21. The Hall–Kier alpha value is -4.03. The standard InChI is InChI=1S/C26H18ClN3O3/c27-18-7-8-20-21(26(31)28-22(20)14-18)12-17-15-30(19-4-2-1-3-5-19)29-25(17)16-6-9-23-24(13-16)33-11-10-32-23/h1-9,12-15H,10-11H2,(H,28,31). The molecule has 0 unspecified atom stereocenters. The first-order valence-electron chi connectivity index (χ1n) is 10.5. The average molecular weight is 456 g/mol. The summed E-state index contributed by atoms with van der Waals surface area (Å²) in [5, 5.41) is 8.32. The summed E-state index contributed by atoms with van der Waals surface area (Å²) >= 11 is 6.11. The van der Waals surface area contributed by atoms with E-state index in [0.29, 0.717) is 41.0 Å². The summed E-state index contributed by atoms with van der Waals surface area (Å²) in [6.07, 6.45) is 3.79. The molecule has 2 aliphatic heterocycles. The second-order valence-electron chi connectivity index (χ2n) is 7.77. The van der Waals surface area contributed by atoms with E-state index in [-0.39, 0.29) is 5.91 Å². The van der Waals surface area contributed by atoms with Crippen LogP contribution in [-0.2, 0) is 4.79 Å². The third-order valence-electron chi connectivity index (χ3n) is 5.64. The first kappa shape index (κ1) is 19.6. The average Bonchev–Trinajstić information content (AvgIpc) is 3.40. The number of ether oxygens (including phenoxy) is 2. The maximum Gasteiger partial charge on any atom is 0.256 e. The third-order valence-corrected chi connectivity index (χ3v) is 5.88. The molecule has 0 bridgehead atoms. The number of nitrogens with zero attached hydrogens (tertiary/aromatic N) is 2. The Kier molecular flexibility index (Phi) is 4.66. The van der Waals surface area contributed by atoms with Crippen LogP contribution >= 0.6 is 11.6 Å². The van der Waals surface area contributed by atoms with Gasteiger partial charge in [0.2, 0.25) is 0 Å². The molecule has 3 aromatic carbocycles. The summed E-state index contributed by atoms with van der Waals surface area (Å²) in [5.41, 5.74) is 5.41. The monoisotopic (exact) mass is 455 g/mol. The summed E-state index contributed by atoms with van der Waals surface area (Å²) in [4.78, 5) is 12.8. The van der Waals surface area contributed by atoms with E-state index in [1.54, 1.807) is 12.1 Å². The van der Waals surface area contributed by atoms with E-state index in [9.17, 15) is 4.79 Å². The number of benzene rings is 3. The van der Waals surface area contributed by atoms with E-state index in [1.807, 2.05) is 71.6 Å². The minimum Gasteiger partial charge on any atom is -0.486 e. The normalized spacial score (nSPS) is 15.4. The van der Waals surface area contributed by atoms with Gasteiger partial charge in [-0.1, -0.05) is 35.9 Å². The van der Waals surface area contributed by atoms with Crippen molar-refractivity contribution in [3.8, 4) is 28.4 Å². The van der Waals surface area contributed by atoms with Crippen molar-refractivity contribution in [1.82, 2.24) is 9.78 Å². The molecule has 3 heterocycles. The third kappa shape index (κ3) is 3.54. The molecule has 2 aliphatic rings. The molecule has 0 atom stereocenters. The molecule has 33 heavy (non-hydrogen) atoms. The molecule has 0 saturated heterocycles. The fraction of sp³-hybridized carbons (Fsp3) is 0.0769. The Labute approximate surface area is 195 Å². The molecule has 0 saturated carbocycles. The fourth-order valence-corrected chi connectivity index (χ4v) is 4.26. The highest BCUT2D eigenvalue weighted by Gasteiger charge is 2.25. The number of para-hydroxylation sites is 1. The Balaban J connectivity index is 1.51. The quantitative estimate of drug-likeness (QED) is 0.417. The lowest BCUT2D eigenvalue weighted by atomic mass is 10.0. The van der Waals surface area contributed by atoms with Gasteiger partial charge in [0.15, 0.2) is 11.5 Å². The van der Waals surface area contributed by atoms with Crippen molar-refractivity contribution in [3.05, 3.63) is 89.1 Å². The van der Waals surface area contributed by atoms with Crippen molar-refractivity contribution in [2.45, 2.75) is 0 Å². The van der Waals surface area contributed by atoms with Gasteiger partial charge in [-0.2, -0.15) is 5.10 Å². The summed E-state index contributed by atoms with van der Waals surface area (Å²) in [7, 11) is 0. The van der Waals surface area contributed by atoms with Crippen molar-refractivity contribution in [3.63, 3.8) is 0 Å². The molecule has 0 radical (unpaired) electrons. The zero-order chi connectivity index (χ0) is 22.4. The number of hydrogen-bond acceptors (Lipinski definition) is 4. The molecule has 7 heteroatoms. The molecule has 1 aromatic heterocycles. The lowest BCUT2D eigenvalue weighted by molar-refractivity contribution is -0.110. The number of aromatic nitrogens is 2. The van der Waals surface area contributed by atoms with Gasteiger partial charge in [0.1, 0.15) is 18.9 Å². The topological polar surface area (TPSA) is 65.4 Å². The molecule has 0 aliphatic carbocycles. The van der Waals surface area contributed by atoms with Gasteiger partial charge in [-0.05, 0) is 48.5 Å². The van der Waals surface area contributed by atoms with Gasteiger partial charge in [0.25, 0.3) is 5.91 Å². The summed E-state index contributed by atoms with van der Waals surface area (Å²) in [6.45, 7) is 1.04. The van der Waals surface area contributed by atoms with E-state index in [0.717, 1.165) is 28.1 Å². The zero-order valence-corrected chi connectivity index (χ0v) is 18.2. The highest BCUT2D eigenvalue weighted by atomic mass is 35.5. The van der Waals surface area contributed by atoms with Crippen LogP contribution in [0.25, 0.3) is 28.6 Å². The van der Waals surface area contributed by atoms with Gasteiger partial charge < -0.3 is 14.8 Å². The number of hydrogen-bond donors (Lipinski definition) is 1. The van der Waals surface area contributed by atoms with Crippen LogP contribution in [0.15, 0.2) is 72.9 Å². The predicted octanol–water partition coefficient (Wildman–Crippen LogP) is 5.46. The largest absolute Gasteiger partial charge is 0.486 e. The van der Waals surface area contributed by atoms with Crippen LogP contribution in [0.2, 0.25) is 5.02 Å². The van der Waals surface area contributed by atoms with Crippen molar-refractivity contribution < 1.29 is 14.3 Å². The maximum atomic E-state index is 12.8. The Morgan fingerprint density at radius 3 is 2.64 bits per heavy atom. The summed E-state index contributed by atoms with van der Waals surface area (Å²) in [6, 6.07) is 21.0. The SMILES string of the molecule is O=C1Nc2cc(Cl)ccc2C1=Cc1cn(-c2ccccc2)nc1-c1ccc2c(c1)OCCO2. The number of carbonyl (C=O) groups excluding carboxylic acids is 1. The van der Waals surface area contributed by atoms with Crippen LogP contribution in [0, 0.1) is 0 Å². The number of carbonyl (C=O) groups is 1. The Bertz CT molecular complexity index is 1430. The molecular formula is C26H18ClN3O3. The van der Waals surface area contributed by atoms with Crippen LogP contribution < -0.4 is 14.8 Å². The molecule has 0 spiro atoms. The molecule has 1 N–H and O–H groups in total. The second kappa shape index (κ2) is 7.83. The molecule has 0 fully saturated rings. The molecule has 4 aromatic rings. The maximum absolute atomic E-state index is 12.8. The number of anilines is 1. The van der Waals surface area contributed by atoms with E-state index in [2.05, 4.69) is 5.32 Å². The lowest BCUT2D eigenvalue weighted by Crippen LogP contribution is -2.15. The Morgan fingerprint density at radius 1 is 0.970 bits per heavy atom. The predicted molar refractivity (Wildman–Crippen MR) is 128 cm³/mol. The van der Waals surface area contributed by atoms with Gasteiger partial charge in [0.05, 0.1) is 11.4 Å². The van der Waals surface area contributed by atoms with Crippen LogP contribution in [0.1, 0.15) is 11.1 Å². The highest BCUT2D eigenvalue weighted by Crippen LogP contribution is 2.38. The number of amides is 1. The van der Waals surface area contributed by atoms with Crippen molar-refractivity contribution >= 4 is 34.8 Å². The first-order valence-corrected chi connectivity index (χ1v) is 10.9. The first-order chi connectivity index (χ1) is 16.2. The van der Waals surface area contributed by atoms with Crippen molar-refractivity contribution in [2.24, 2.45) is 0 Å². The number of nitrogens with one attached hydrogen (secondary N) is 1. The number of fused-ring (bicyclic) bond motifs is 2. The molecule has 6 nitrogen and oxygen atoms in total. The van der Waals surface area contributed by atoms with E-state index in [4.69, 9.17) is 26.2 Å². The minimum atomic E-state index is -0.173. The van der Waals surface area contributed by atoms with Crippen LogP contribution in [0.4, 0.5) is 5.69 Å². The molecular weight excluding hydrogens is 438 g/mol. The van der Waals surface area contributed by atoms with Gasteiger partial charge in [-0.25, -0.2) is 4.68 Å². The van der Waals surface area contributed by atoms with E-state index in [1.165, 1.54) is 0 Å². The summed E-state index contributed by atoms with van der Waals surface area (Å²) < 4.78 is 13.3. The van der Waals surface area contributed by atoms with E-state index < -0.39 is 0 Å². The molecule has 1 amide bonds. The van der Waals surface area contributed by atoms with Gasteiger partial charge in [-0.15, -0.1) is 0 Å².